The molecule has 1 aliphatic rings. The molecule has 0 unspecified atom stereocenters. The molecule has 3 nitrogen and oxygen atoms in total. The molecule has 0 amide bonds. The minimum Gasteiger partial charge on any atom is -0.491 e. The van der Waals surface area contributed by atoms with Gasteiger partial charge in [-0.1, -0.05) is 26.0 Å². The lowest BCUT2D eigenvalue weighted by Crippen LogP contribution is -2.14. The predicted molar refractivity (Wildman–Crippen MR) is 79.5 cm³/mol. The van der Waals surface area contributed by atoms with Crippen LogP contribution < -0.4 is 4.74 Å². The minimum absolute atomic E-state index is 0.241. The summed E-state index contributed by atoms with van der Waals surface area (Å²) in [6.45, 7) is 6.31. The van der Waals surface area contributed by atoms with Crippen LogP contribution in [0.5, 0.6) is 5.75 Å². The zero-order chi connectivity index (χ0) is 14.4. The van der Waals surface area contributed by atoms with Gasteiger partial charge in [-0.2, -0.15) is 0 Å². The summed E-state index contributed by atoms with van der Waals surface area (Å²) < 4.78 is 11.3. The highest BCUT2D eigenvalue weighted by atomic mass is 16.5. The molecule has 0 radical (unpaired) electrons. The maximum atomic E-state index is 11.8. The van der Waals surface area contributed by atoms with E-state index in [9.17, 15) is 4.79 Å². The molecule has 0 bridgehead atoms. The highest BCUT2D eigenvalue weighted by Gasteiger charge is 2.19. The first-order valence-corrected chi connectivity index (χ1v) is 7.54. The van der Waals surface area contributed by atoms with Gasteiger partial charge < -0.3 is 9.47 Å². The second-order valence-corrected chi connectivity index (χ2v) is 5.70. The largest absolute Gasteiger partial charge is 0.491 e. The molecule has 0 atom stereocenters. The molecule has 110 valence electrons. The lowest BCUT2D eigenvalue weighted by molar-refractivity contribution is 0.0916. The Hall–Kier alpha value is -1.35. The van der Waals surface area contributed by atoms with Crippen molar-refractivity contribution in [1.82, 2.24) is 0 Å². The molecule has 1 aromatic carbocycles. The van der Waals surface area contributed by atoms with Gasteiger partial charge in [0, 0.05) is 24.2 Å². The number of hydrogen-bond donors (Lipinski definition) is 0. The van der Waals surface area contributed by atoms with E-state index in [1.807, 2.05) is 18.2 Å². The van der Waals surface area contributed by atoms with Crippen molar-refractivity contribution in [1.29, 1.82) is 0 Å². The van der Waals surface area contributed by atoms with Crippen LogP contribution in [0.3, 0.4) is 0 Å². The van der Waals surface area contributed by atoms with E-state index in [0.717, 1.165) is 42.7 Å². The van der Waals surface area contributed by atoms with Crippen molar-refractivity contribution >= 4 is 5.78 Å². The summed E-state index contributed by atoms with van der Waals surface area (Å²) in [5, 5.41) is 0. The Balaban J connectivity index is 1.82. The molecule has 0 saturated carbocycles. The molecule has 20 heavy (non-hydrogen) atoms. The van der Waals surface area contributed by atoms with Gasteiger partial charge in [-0.3, -0.25) is 4.79 Å². The van der Waals surface area contributed by atoms with E-state index in [2.05, 4.69) is 13.8 Å². The fraction of sp³-hybridized carbons (Fsp3) is 0.588. The van der Waals surface area contributed by atoms with Crippen LogP contribution in [-0.4, -0.2) is 25.6 Å². The summed E-state index contributed by atoms with van der Waals surface area (Å²) in [6, 6.07) is 5.76. The number of carbonyl (C=O) groups excluding carboxylic acids is 1. The molecule has 0 aliphatic heterocycles. The van der Waals surface area contributed by atoms with Gasteiger partial charge in [0.1, 0.15) is 12.4 Å². The van der Waals surface area contributed by atoms with Gasteiger partial charge in [-0.25, -0.2) is 0 Å². The van der Waals surface area contributed by atoms with Crippen LogP contribution in [0.25, 0.3) is 0 Å². The molecule has 0 fully saturated rings. The standard InChI is InChI=1S/C17H24O3/c1-13(2)9-10-19-11-12-20-17-8-4-5-14-15(17)6-3-7-16(14)18/h4-5,8,13H,3,6-7,9-12H2,1-2H3. The summed E-state index contributed by atoms with van der Waals surface area (Å²) in [6.07, 6.45) is 3.60. The van der Waals surface area contributed by atoms with Crippen molar-refractivity contribution in [3.05, 3.63) is 29.3 Å². The first kappa shape index (κ1) is 15.0. The van der Waals surface area contributed by atoms with Crippen molar-refractivity contribution in [3.8, 4) is 5.75 Å². The van der Waals surface area contributed by atoms with Gasteiger partial charge in [0.2, 0.25) is 0 Å². The monoisotopic (exact) mass is 276 g/mol. The summed E-state index contributed by atoms with van der Waals surface area (Å²) in [5.74, 6) is 1.76. The highest BCUT2D eigenvalue weighted by Crippen LogP contribution is 2.29. The fourth-order valence-corrected chi connectivity index (χ4v) is 2.41. The Bertz CT molecular complexity index is 452. The van der Waals surface area contributed by atoms with Crippen LogP contribution in [0.15, 0.2) is 18.2 Å². The van der Waals surface area contributed by atoms with E-state index >= 15 is 0 Å². The zero-order valence-corrected chi connectivity index (χ0v) is 12.5. The van der Waals surface area contributed by atoms with Crippen LogP contribution >= 0.6 is 0 Å². The smallest absolute Gasteiger partial charge is 0.163 e. The van der Waals surface area contributed by atoms with Crippen molar-refractivity contribution in [2.75, 3.05) is 19.8 Å². The number of ether oxygens (including phenoxy) is 2. The van der Waals surface area contributed by atoms with E-state index in [1.165, 1.54) is 0 Å². The van der Waals surface area contributed by atoms with Crippen LogP contribution in [0.1, 0.15) is 49.0 Å². The normalized spacial score (nSPS) is 14.4. The third-order valence-corrected chi connectivity index (χ3v) is 3.59. The van der Waals surface area contributed by atoms with Crippen LogP contribution in [0.4, 0.5) is 0 Å². The lowest BCUT2D eigenvalue weighted by Gasteiger charge is -2.18. The first-order valence-electron chi connectivity index (χ1n) is 7.54. The topological polar surface area (TPSA) is 35.5 Å². The molecule has 0 spiro atoms. The van der Waals surface area contributed by atoms with Crippen molar-refractivity contribution in [2.45, 2.75) is 39.5 Å². The molecule has 3 heteroatoms. The molecule has 1 aromatic rings. The Labute approximate surface area is 121 Å². The Morgan fingerprint density at radius 2 is 2.00 bits per heavy atom. The van der Waals surface area contributed by atoms with Crippen molar-refractivity contribution in [2.24, 2.45) is 5.92 Å². The lowest BCUT2D eigenvalue weighted by atomic mass is 9.90. The van der Waals surface area contributed by atoms with E-state index in [-0.39, 0.29) is 5.78 Å². The van der Waals surface area contributed by atoms with E-state index < -0.39 is 0 Å². The van der Waals surface area contributed by atoms with Gasteiger partial charge in [0.15, 0.2) is 5.78 Å². The third kappa shape index (κ3) is 4.07. The molecule has 1 aliphatic carbocycles. The van der Waals surface area contributed by atoms with Crippen LogP contribution in [-0.2, 0) is 11.2 Å². The number of ketones is 1. The number of Topliss-reactive ketones (excluding diaryl/α,β-unsaturated/α-hetero) is 1. The second-order valence-electron chi connectivity index (χ2n) is 5.70. The number of rotatable bonds is 7. The number of carbonyl (C=O) groups is 1. The quantitative estimate of drug-likeness (QED) is 0.713. The summed E-state index contributed by atoms with van der Waals surface area (Å²) in [7, 11) is 0. The minimum atomic E-state index is 0.241. The maximum Gasteiger partial charge on any atom is 0.163 e. The van der Waals surface area contributed by atoms with Crippen LogP contribution in [0.2, 0.25) is 0 Å². The van der Waals surface area contributed by atoms with Crippen molar-refractivity contribution in [3.63, 3.8) is 0 Å². The first-order chi connectivity index (χ1) is 9.68. The number of hydrogen-bond acceptors (Lipinski definition) is 3. The molecular formula is C17H24O3. The molecule has 0 heterocycles. The second kappa shape index (κ2) is 7.44. The molecule has 0 saturated heterocycles. The molecule has 2 rings (SSSR count). The highest BCUT2D eigenvalue weighted by molar-refractivity contribution is 5.99. The van der Waals surface area contributed by atoms with Gasteiger partial charge in [-0.15, -0.1) is 0 Å². The number of fused-ring (bicyclic) bond motifs is 1. The summed E-state index contributed by atoms with van der Waals surface area (Å²) in [5.41, 5.74) is 1.92. The fourth-order valence-electron chi connectivity index (χ4n) is 2.41. The van der Waals surface area contributed by atoms with E-state index in [4.69, 9.17) is 9.47 Å². The summed E-state index contributed by atoms with van der Waals surface area (Å²) in [4.78, 5) is 11.8. The maximum absolute atomic E-state index is 11.8. The predicted octanol–water partition coefficient (Wildman–Crippen LogP) is 3.65. The van der Waals surface area contributed by atoms with Gasteiger partial charge in [-0.05, 0) is 31.2 Å². The van der Waals surface area contributed by atoms with Gasteiger partial charge in [0.25, 0.3) is 0 Å². The Morgan fingerprint density at radius 3 is 2.80 bits per heavy atom. The van der Waals surface area contributed by atoms with E-state index in [0.29, 0.717) is 25.6 Å². The average Bonchev–Trinajstić information content (AvgIpc) is 2.43. The van der Waals surface area contributed by atoms with Crippen molar-refractivity contribution < 1.29 is 14.3 Å². The summed E-state index contributed by atoms with van der Waals surface area (Å²) >= 11 is 0. The molecule has 0 aromatic heterocycles. The van der Waals surface area contributed by atoms with E-state index in [1.54, 1.807) is 0 Å². The molecule has 0 N–H and O–H groups in total. The third-order valence-electron chi connectivity index (χ3n) is 3.59. The Kier molecular flexibility index (Phi) is 5.60. The van der Waals surface area contributed by atoms with Crippen LogP contribution in [0, 0.1) is 5.92 Å². The average molecular weight is 276 g/mol. The van der Waals surface area contributed by atoms with Gasteiger partial charge >= 0.3 is 0 Å². The molecular weight excluding hydrogens is 252 g/mol. The SMILES string of the molecule is CC(C)CCOCCOc1cccc2c1CCCC2=O. The number of benzene rings is 1. The Morgan fingerprint density at radius 1 is 1.15 bits per heavy atom. The zero-order valence-electron chi connectivity index (χ0n) is 12.5. The van der Waals surface area contributed by atoms with Gasteiger partial charge in [0.05, 0.1) is 6.61 Å².